The minimum absolute atomic E-state index is 0.0473. The number of hydrogen-bond acceptors (Lipinski definition) is 5. The van der Waals surface area contributed by atoms with E-state index >= 15 is 0 Å². The second-order valence-corrected chi connectivity index (χ2v) is 9.40. The number of nitriles is 1. The molecule has 0 saturated heterocycles. The van der Waals surface area contributed by atoms with E-state index in [0.29, 0.717) is 17.0 Å². The first-order valence-corrected chi connectivity index (χ1v) is 11.3. The van der Waals surface area contributed by atoms with Crippen LogP contribution in [-0.4, -0.2) is 35.7 Å². The van der Waals surface area contributed by atoms with Crippen molar-refractivity contribution in [1.82, 2.24) is 19.3 Å². The Morgan fingerprint density at radius 2 is 2.10 bits per heavy atom. The summed E-state index contributed by atoms with van der Waals surface area (Å²) in [6, 6.07) is 6.67. The normalized spacial score (nSPS) is 15.7. The molecule has 0 amide bonds. The lowest BCUT2D eigenvalue weighted by Crippen LogP contribution is -2.34. The average molecular weight is 428 g/mol. The molecular weight excluding hydrogens is 405 g/mol. The molecule has 1 aliphatic rings. The van der Waals surface area contributed by atoms with E-state index in [1.807, 2.05) is 13.0 Å². The summed E-state index contributed by atoms with van der Waals surface area (Å²) in [7, 11) is -3.87. The van der Waals surface area contributed by atoms with Crippen LogP contribution in [0.15, 0.2) is 35.5 Å². The lowest BCUT2D eigenvalue weighted by molar-refractivity contribution is 0.324. The van der Waals surface area contributed by atoms with Crippen LogP contribution in [0.1, 0.15) is 43.5 Å². The van der Waals surface area contributed by atoms with Gasteiger partial charge in [0.25, 0.3) is 0 Å². The van der Waals surface area contributed by atoms with Gasteiger partial charge in [-0.15, -0.1) is 0 Å². The molecule has 3 heterocycles. The fourth-order valence-electron chi connectivity index (χ4n) is 3.75. The number of rotatable bonds is 6. The monoisotopic (exact) mass is 427 g/mol. The van der Waals surface area contributed by atoms with Crippen LogP contribution < -0.4 is 4.72 Å². The molecule has 3 aromatic rings. The fourth-order valence-corrected chi connectivity index (χ4v) is 4.91. The fraction of sp³-hybridized carbons (Fsp3) is 0.381. The number of fused-ring (bicyclic) bond motifs is 1. The van der Waals surface area contributed by atoms with Crippen LogP contribution in [0.3, 0.4) is 0 Å². The molecule has 156 valence electrons. The zero-order valence-electron chi connectivity index (χ0n) is 16.8. The number of halogens is 1. The number of alkyl halides is 1. The van der Waals surface area contributed by atoms with E-state index in [1.54, 1.807) is 12.3 Å². The molecule has 0 bridgehead atoms. The summed E-state index contributed by atoms with van der Waals surface area (Å²) in [4.78, 5) is 8.73. The minimum Gasteiger partial charge on any atom is -0.334 e. The molecule has 1 N–H and O–H groups in total. The standard InChI is InChI=1S/C21H22FN5O2S/c1-13-8-17-18(10-23)21(27(15-4-3-5-15)20(17)12-24-13)19-7-6-16(11-25-19)30(28,29)26-14(2)9-22/h6-8,11-12,14-15,26H,3-5,9H2,1-2H3/t14-/m1/s1. The van der Waals surface area contributed by atoms with Gasteiger partial charge in [-0.2, -0.15) is 5.26 Å². The summed E-state index contributed by atoms with van der Waals surface area (Å²) in [5.41, 5.74) is 3.41. The van der Waals surface area contributed by atoms with Crippen LogP contribution in [0, 0.1) is 18.3 Å². The van der Waals surface area contributed by atoms with E-state index in [9.17, 15) is 18.1 Å². The molecule has 1 saturated carbocycles. The number of hydrogen-bond donors (Lipinski definition) is 1. The van der Waals surface area contributed by atoms with Crippen molar-refractivity contribution in [2.75, 3.05) is 6.67 Å². The molecule has 4 rings (SSSR count). The predicted octanol–water partition coefficient (Wildman–Crippen LogP) is 3.64. The lowest BCUT2D eigenvalue weighted by atomic mass is 9.92. The van der Waals surface area contributed by atoms with Crippen molar-refractivity contribution in [3.8, 4) is 17.5 Å². The summed E-state index contributed by atoms with van der Waals surface area (Å²) in [6.07, 6.45) is 6.17. The number of nitrogens with zero attached hydrogens (tertiary/aromatic N) is 4. The number of aryl methyl sites for hydroxylation is 1. The molecular formula is C21H22FN5O2S. The van der Waals surface area contributed by atoms with Gasteiger partial charge in [-0.25, -0.2) is 17.5 Å². The van der Waals surface area contributed by atoms with Gasteiger partial charge in [0.15, 0.2) is 0 Å². The van der Waals surface area contributed by atoms with Gasteiger partial charge >= 0.3 is 0 Å². The zero-order valence-corrected chi connectivity index (χ0v) is 17.6. The van der Waals surface area contributed by atoms with E-state index in [2.05, 4.69) is 25.3 Å². The molecule has 0 aliphatic heterocycles. The SMILES string of the molecule is Cc1cc2c(C#N)c(-c3ccc(S(=O)(=O)N[C@H](C)CF)cn3)n(C3CCC3)c2cn1. The Kier molecular flexibility index (Phi) is 5.30. The largest absolute Gasteiger partial charge is 0.334 e. The summed E-state index contributed by atoms with van der Waals surface area (Å²) < 4.78 is 41.9. The third-order valence-electron chi connectivity index (χ3n) is 5.45. The highest BCUT2D eigenvalue weighted by Gasteiger charge is 2.29. The lowest BCUT2D eigenvalue weighted by Gasteiger charge is -2.29. The van der Waals surface area contributed by atoms with Gasteiger partial charge in [0.1, 0.15) is 17.6 Å². The van der Waals surface area contributed by atoms with E-state index in [4.69, 9.17) is 0 Å². The van der Waals surface area contributed by atoms with Crippen molar-refractivity contribution in [2.24, 2.45) is 0 Å². The Labute approximate surface area is 174 Å². The van der Waals surface area contributed by atoms with Crippen LogP contribution in [-0.2, 0) is 10.0 Å². The summed E-state index contributed by atoms with van der Waals surface area (Å²) in [6.45, 7) is 2.53. The van der Waals surface area contributed by atoms with Crippen molar-refractivity contribution in [2.45, 2.75) is 50.1 Å². The molecule has 9 heteroatoms. The number of sulfonamides is 1. The topological polar surface area (TPSA) is 101 Å². The Bertz CT molecular complexity index is 1240. The second kappa shape index (κ2) is 7.78. The molecule has 30 heavy (non-hydrogen) atoms. The Hall–Kier alpha value is -2.83. The molecule has 1 aliphatic carbocycles. The van der Waals surface area contributed by atoms with Crippen LogP contribution in [0.4, 0.5) is 4.39 Å². The molecule has 1 fully saturated rings. The maximum absolute atomic E-state index is 12.7. The Morgan fingerprint density at radius 1 is 1.33 bits per heavy atom. The number of nitrogens with one attached hydrogen (secondary N) is 1. The third-order valence-corrected chi connectivity index (χ3v) is 7.03. The van der Waals surface area contributed by atoms with Crippen LogP contribution in [0.2, 0.25) is 0 Å². The van der Waals surface area contributed by atoms with Gasteiger partial charge in [-0.3, -0.25) is 9.97 Å². The van der Waals surface area contributed by atoms with Gasteiger partial charge in [-0.1, -0.05) is 0 Å². The highest BCUT2D eigenvalue weighted by molar-refractivity contribution is 7.89. The van der Waals surface area contributed by atoms with E-state index in [-0.39, 0.29) is 10.9 Å². The first-order valence-electron chi connectivity index (χ1n) is 9.81. The van der Waals surface area contributed by atoms with Crippen molar-refractivity contribution < 1.29 is 12.8 Å². The number of pyridine rings is 2. The molecule has 0 radical (unpaired) electrons. The van der Waals surface area contributed by atoms with Crippen LogP contribution >= 0.6 is 0 Å². The minimum atomic E-state index is -3.87. The van der Waals surface area contributed by atoms with Crippen molar-refractivity contribution in [3.63, 3.8) is 0 Å². The van der Waals surface area contributed by atoms with Gasteiger partial charge in [0.05, 0.1) is 28.7 Å². The van der Waals surface area contributed by atoms with Gasteiger partial charge in [0, 0.05) is 29.4 Å². The molecule has 0 unspecified atom stereocenters. The second-order valence-electron chi connectivity index (χ2n) is 7.69. The quantitative estimate of drug-likeness (QED) is 0.647. The van der Waals surface area contributed by atoms with Crippen LogP contribution in [0.25, 0.3) is 22.3 Å². The summed E-state index contributed by atoms with van der Waals surface area (Å²) >= 11 is 0. The molecule has 0 spiro atoms. The van der Waals surface area contributed by atoms with E-state index < -0.39 is 22.7 Å². The van der Waals surface area contributed by atoms with Crippen molar-refractivity contribution in [1.29, 1.82) is 5.26 Å². The van der Waals surface area contributed by atoms with Crippen molar-refractivity contribution in [3.05, 3.63) is 41.9 Å². The predicted molar refractivity (Wildman–Crippen MR) is 111 cm³/mol. The van der Waals surface area contributed by atoms with Gasteiger partial charge < -0.3 is 4.57 Å². The average Bonchev–Trinajstić information content (AvgIpc) is 2.99. The van der Waals surface area contributed by atoms with Crippen LogP contribution in [0.5, 0.6) is 0 Å². The Balaban J connectivity index is 1.84. The van der Waals surface area contributed by atoms with E-state index in [0.717, 1.165) is 35.9 Å². The summed E-state index contributed by atoms with van der Waals surface area (Å²) in [5, 5.41) is 10.7. The van der Waals surface area contributed by atoms with Gasteiger partial charge in [0.2, 0.25) is 10.0 Å². The molecule has 1 atom stereocenters. The summed E-state index contributed by atoms with van der Waals surface area (Å²) in [5.74, 6) is 0. The molecule has 0 aromatic carbocycles. The smallest absolute Gasteiger partial charge is 0.242 e. The third kappa shape index (κ3) is 3.46. The van der Waals surface area contributed by atoms with Gasteiger partial charge in [-0.05, 0) is 51.3 Å². The molecule has 7 nitrogen and oxygen atoms in total. The maximum Gasteiger partial charge on any atom is 0.242 e. The highest BCUT2D eigenvalue weighted by Crippen LogP contribution is 2.42. The van der Waals surface area contributed by atoms with Crippen molar-refractivity contribution >= 4 is 20.9 Å². The first-order chi connectivity index (χ1) is 14.4. The highest BCUT2D eigenvalue weighted by atomic mass is 32.2. The Morgan fingerprint density at radius 3 is 2.67 bits per heavy atom. The number of aromatic nitrogens is 3. The molecule has 3 aromatic heterocycles. The van der Waals surface area contributed by atoms with E-state index in [1.165, 1.54) is 19.2 Å². The first kappa shape index (κ1) is 20.4. The maximum atomic E-state index is 12.7. The zero-order chi connectivity index (χ0) is 21.5.